The lowest BCUT2D eigenvalue weighted by molar-refractivity contribution is 0.0458. The van der Waals surface area contributed by atoms with Crippen molar-refractivity contribution in [3.05, 3.63) is 59.0 Å². The van der Waals surface area contributed by atoms with Gasteiger partial charge in [0, 0.05) is 11.8 Å². The van der Waals surface area contributed by atoms with Gasteiger partial charge in [-0.3, -0.25) is 10.3 Å². The van der Waals surface area contributed by atoms with Gasteiger partial charge < -0.3 is 0 Å². The molecule has 4 nitrogen and oxygen atoms in total. The second kappa shape index (κ2) is 4.35. The zero-order chi connectivity index (χ0) is 11.7. The Balaban J connectivity index is 1.89. The first-order chi connectivity index (χ1) is 8.33. The lowest BCUT2D eigenvalue weighted by atomic mass is 10.2. The van der Waals surface area contributed by atoms with Gasteiger partial charge in [-0.1, -0.05) is 18.2 Å². The number of benzene rings is 1. The molecule has 1 aromatic carbocycles. The molecule has 0 amide bonds. The zero-order valence-electron chi connectivity index (χ0n) is 8.88. The molecule has 0 aliphatic carbocycles. The van der Waals surface area contributed by atoms with Gasteiger partial charge >= 0.3 is 0 Å². The summed E-state index contributed by atoms with van der Waals surface area (Å²) in [5, 5.41) is 4.32. The Morgan fingerprint density at radius 2 is 2.12 bits per heavy atom. The minimum Gasteiger partial charge on any atom is -0.263 e. The van der Waals surface area contributed by atoms with Crippen LogP contribution >= 0.6 is 15.9 Å². The SMILES string of the molecule is BrC1=CC(c2cnn(-c3ccccc3)c2)ON1. The Bertz CT molecular complexity index is 550. The van der Waals surface area contributed by atoms with Gasteiger partial charge in [-0.25, -0.2) is 4.68 Å². The van der Waals surface area contributed by atoms with Crippen LogP contribution in [0.5, 0.6) is 0 Å². The summed E-state index contributed by atoms with van der Waals surface area (Å²) in [7, 11) is 0. The van der Waals surface area contributed by atoms with E-state index in [9.17, 15) is 0 Å². The standard InChI is InChI=1S/C12H10BrN3O/c13-12-6-11(17-15-12)9-7-14-16(8-9)10-4-2-1-3-5-10/h1-8,11,15H. The van der Waals surface area contributed by atoms with Gasteiger partial charge in [0.05, 0.1) is 11.9 Å². The average molecular weight is 292 g/mol. The highest BCUT2D eigenvalue weighted by Crippen LogP contribution is 2.26. The lowest BCUT2D eigenvalue weighted by Crippen LogP contribution is -2.04. The van der Waals surface area contributed by atoms with Crippen LogP contribution < -0.4 is 5.48 Å². The number of hydrogen-bond donors (Lipinski definition) is 1. The van der Waals surface area contributed by atoms with Crippen LogP contribution in [0.2, 0.25) is 0 Å². The number of hydrogen-bond acceptors (Lipinski definition) is 3. The van der Waals surface area contributed by atoms with E-state index in [1.807, 2.05) is 47.3 Å². The molecular weight excluding hydrogens is 282 g/mol. The van der Waals surface area contributed by atoms with Crippen molar-refractivity contribution in [2.24, 2.45) is 0 Å². The van der Waals surface area contributed by atoms with E-state index in [1.54, 1.807) is 6.20 Å². The van der Waals surface area contributed by atoms with Crippen LogP contribution in [-0.4, -0.2) is 9.78 Å². The smallest absolute Gasteiger partial charge is 0.134 e. The van der Waals surface area contributed by atoms with E-state index in [1.165, 1.54) is 0 Å². The fourth-order valence-electron chi connectivity index (χ4n) is 1.69. The van der Waals surface area contributed by atoms with Crippen LogP contribution in [0.4, 0.5) is 0 Å². The molecule has 86 valence electrons. The van der Waals surface area contributed by atoms with E-state index in [0.717, 1.165) is 15.9 Å². The van der Waals surface area contributed by atoms with Gasteiger partial charge in [-0.2, -0.15) is 5.10 Å². The van der Waals surface area contributed by atoms with E-state index in [-0.39, 0.29) is 6.10 Å². The molecule has 0 saturated heterocycles. The van der Waals surface area contributed by atoms with E-state index in [4.69, 9.17) is 4.84 Å². The maximum Gasteiger partial charge on any atom is 0.134 e. The maximum atomic E-state index is 5.36. The highest BCUT2D eigenvalue weighted by atomic mass is 79.9. The highest BCUT2D eigenvalue weighted by Gasteiger charge is 2.18. The van der Waals surface area contributed by atoms with Crippen LogP contribution in [0.1, 0.15) is 11.7 Å². The minimum absolute atomic E-state index is 0.0955. The molecule has 5 heteroatoms. The number of rotatable bonds is 2. The fourth-order valence-corrected chi connectivity index (χ4v) is 2.02. The Morgan fingerprint density at radius 3 is 2.82 bits per heavy atom. The third-order valence-corrected chi connectivity index (χ3v) is 2.96. The Labute approximate surface area is 107 Å². The Kier molecular flexibility index (Phi) is 2.70. The number of para-hydroxylation sites is 1. The van der Waals surface area contributed by atoms with Crippen LogP contribution in [0.25, 0.3) is 5.69 Å². The van der Waals surface area contributed by atoms with Gasteiger partial charge in [-0.15, -0.1) is 0 Å². The summed E-state index contributed by atoms with van der Waals surface area (Å²) in [6.07, 6.45) is 5.62. The molecule has 0 saturated carbocycles. The molecule has 2 heterocycles. The third-order valence-electron chi connectivity index (χ3n) is 2.53. The second-order valence-corrected chi connectivity index (χ2v) is 4.56. The molecule has 1 atom stereocenters. The molecule has 0 spiro atoms. The zero-order valence-corrected chi connectivity index (χ0v) is 10.5. The van der Waals surface area contributed by atoms with Crippen molar-refractivity contribution in [3.8, 4) is 5.69 Å². The lowest BCUT2D eigenvalue weighted by Gasteiger charge is -2.03. The summed E-state index contributed by atoms with van der Waals surface area (Å²) in [5.41, 5.74) is 4.80. The fraction of sp³-hybridized carbons (Fsp3) is 0.0833. The largest absolute Gasteiger partial charge is 0.263 e. The Morgan fingerprint density at radius 1 is 1.29 bits per heavy atom. The van der Waals surface area contributed by atoms with Crippen molar-refractivity contribution in [1.29, 1.82) is 0 Å². The third kappa shape index (κ3) is 2.11. The molecule has 0 bridgehead atoms. The van der Waals surface area contributed by atoms with E-state index in [2.05, 4.69) is 26.5 Å². The van der Waals surface area contributed by atoms with Gasteiger partial charge in [0.15, 0.2) is 0 Å². The van der Waals surface area contributed by atoms with Gasteiger partial charge in [0.2, 0.25) is 0 Å². The molecular formula is C12H10BrN3O. The predicted octanol–water partition coefficient (Wildman–Crippen LogP) is 2.68. The second-order valence-electron chi connectivity index (χ2n) is 3.71. The molecule has 1 aromatic heterocycles. The summed E-state index contributed by atoms with van der Waals surface area (Å²) in [6.45, 7) is 0. The number of halogens is 1. The number of hydroxylamine groups is 1. The van der Waals surface area contributed by atoms with Crippen molar-refractivity contribution < 1.29 is 4.84 Å². The molecule has 0 radical (unpaired) electrons. The maximum absolute atomic E-state index is 5.36. The van der Waals surface area contributed by atoms with E-state index >= 15 is 0 Å². The molecule has 2 aromatic rings. The highest BCUT2D eigenvalue weighted by molar-refractivity contribution is 9.11. The van der Waals surface area contributed by atoms with Crippen LogP contribution in [0, 0.1) is 0 Å². The first-order valence-electron chi connectivity index (χ1n) is 5.22. The number of aromatic nitrogens is 2. The summed E-state index contributed by atoms with van der Waals surface area (Å²) < 4.78 is 2.67. The quantitative estimate of drug-likeness (QED) is 0.865. The summed E-state index contributed by atoms with van der Waals surface area (Å²) in [4.78, 5) is 5.36. The summed E-state index contributed by atoms with van der Waals surface area (Å²) in [6, 6.07) is 9.98. The first kappa shape index (κ1) is 10.6. The topological polar surface area (TPSA) is 39.1 Å². The van der Waals surface area contributed by atoms with Crippen molar-refractivity contribution in [3.63, 3.8) is 0 Å². The molecule has 17 heavy (non-hydrogen) atoms. The van der Waals surface area contributed by atoms with Crippen LogP contribution in [0.15, 0.2) is 53.4 Å². The predicted molar refractivity (Wildman–Crippen MR) is 67.5 cm³/mol. The van der Waals surface area contributed by atoms with Gasteiger partial charge in [0.25, 0.3) is 0 Å². The Hall–Kier alpha value is -1.59. The summed E-state index contributed by atoms with van der Waals surface area (Å²) in [5.74, 6) is 0. The van der Waals surface area contributed by atoms with Crippen molar-refractivity contribution in [1.82, 2.24) is 15.3 Å². The molecule has 1 unspecified atom stereocenters. The average Bonchev–Trinajstić information content (AvgIpc) is 2.98. The van der Waals surface area contributed by atoms with Gasteiger partial charge in [0.1, 0.15) is 10.7 Å². The molecule has 1 aliphatic rings. The van der Waals surface area contributed by atoms with Gasteiger partial charge in [-0.05, 0) is 34.1 Å². The van der Waals surface area contributed by atoms with E-state index < -0.39 is 0 Å². The summed E-state index contributed by atoms with van der Waals surface area (Å²) >= 11 is 3.33. The molecule has 0 fully saturated rings. The van der Waals surface area contributed by atoms with Crippen molar-refractivity contribution >= 4 is 15.9 Å². The van der Waals surface area contributed by atoms with Crippen molar-refractivity contribution in [2.45, 2.75) is 6.10 Å². The molecule has 1 aliphatic heterocycles. The minimum atomic E-state index is -0.0955. The molecule has 1 N–H and O–H groups in total. The van der Waals surface area contributed by atoms with Crippen LogP contribution in [-0.2, 0) is 4.84 Å². The normalized spacial score (nSPS) is 18.9. The number of nitrogens with one attached hydrogen (secondary N) is 1. The van der Waals surface area contributed by atoms with Crippen LogP contribution in [0.3, 0.4) is 0 Å². The number of nitrogens with zero attached hydrogens (tertiary/aromatic N) is 2. The monoisotopic (exact) mass is 291 g/mol. The molecule has 3 rings (SSSR count). The first-order valence-corrected chi connectivity index (χ1v) is 6.01. The van der Waals surface area contributed by atoms with Crippen molar-refractivity contribution in [2.75, 3.05) is 0 Å². The van der Waals surface area contributed by atoms with E-state index in [0.29, 0.717) is 0 Å².